The molecule has 2 nitrogen and oxygen atoms in total. The van der Waals surface area contributed by atoms with Gasteiger partial charge in [0, 0.05) is 16.3 Å². The zero-order valence-electron chi connectivity index (χ0n) is 12.6. The minimum Gasteiger partial charge on any atom is -0.368 e. The predicted molar refractivity (Wildman–Crippen MR) is 88.6 cm³/mol. The van der Waals surface area contributed by atoms with E-state index in [9.17, 15) is 0 Å². The van der Waals surface area contributed by atoms with Crippen molar-refractivity contribution in [2.24, 2.45) is 0 Å². The van der Waals surface area contributed by atoms with Gasteiger partial charge in [0.15, 0.2) is 0 Å². The second-order valence-corrected chi connectivity index (χ2v) is 6.79. The Bertz CT molecular complexity index is 578. The molecule has 1 atom stereocenters. The third kappa shape index (κ3) is 3.73. The Labute approximate surface area is 131 Å². The maximum atomic E-state index is 6.20. The van der Waals surface area contributed by atoms with Gasteiger partial charge in [0.25, 0.3) is 0 Å². The lowest BCUT2D eigenvalue weighted by Crippen LogP contribution is -2.12. The normalized spacial score (nSPS) is 17.7. The molecule has 0 fully saturated rings. The molecule has 2 aromatic rings. The second-order valence-electron chi connectivity index (χ2n) is 5.54. The molecule has 1 aromatic heterocycles. The first-order valence-electron chi connectivity index (χ1n) is 7.84. The third-order valence-corrected chi connectivity index (χ3v) is 5.07. The first kappa shape index (κ1) is 14.8. The molecule has 0 bridgehead atoms. The van der Waals surface area contributed by atoms with E-state index in [1.54, 1.807) is 0 Å². The molecule has 112 valence electrons. The fourth-order valence-corrected chi connectivity index (χ4v) is 3.82. The van der Waals surface area contributed by atoms with Crippen LogP contribution in [0.25, 0.3) is 0 Å². The molecule has 1 aliphatic carbocycles. The average Bonchev–Trinajstić information content (AvgIpc) is 2.99. The Morgan fingerprint density at radius 2 is 2.05 bits per heavy atom. The summed E-state index contributed by atoms with van der Waals surface area (Å²) >= 11 is 1.86. The van der Waals surface area contributed by atoms with E-state index >= 15 is 0 Å². The molecule has 0 aliphatic heterocycles. The lowest BCUT2D eigenvalue weighted by Gasteiger charge is -2.25. The van der Waals surface area contributed by atoms with Crippen LogP contribution in [0.3, 0.4) is 0 Å². The van der Waals surface area contributed by atoms with Crippen molar-refractivity contribution in [3.63, 3.8) is 0 Å². The standard InChI is InChI=1S/C18H23NOS/c1-2-19-12-15-10-11-16(21-15)13-20-18-9-5-7-14-6-3-4-8-17(14)18/h3-4,6,8,10-11,18-19H,2,5,7,9,12-13H2,1H3. The Balaban J connectivity index is 1.59. The van der Waals surface area contributed by atoms with Crippen molar-refractivity contribution in [1.82, 2.24) is 5.32 Å². The van der Waals surface area contributed by atoms with Crippen LogP contribution in [0.2, 0.25) is 0 Å². The molecule has 1 aliphatic rings. The van der Waals surface area contributed by atoms with Crippen LogP contribution >= 0.6 is 11.3 Å². The highest BCUT2D eigenvalue weighted by Gasteiger charge is 2.20. The molecule has 0 spiro atoms. The Morgan fingerprint density at radius 3 is 2.95 bits per heavy atom. The summed E-state index contributed by atoms with van der Waals surface area (Å²) in [5.41, 5.74) is 2.86. The molecule has 1 unspecified atom stereocenters. The van der Waals surface area contributed by atoms with Crippen LogP contribution in [0.15, 0.2) is 36.4 Å². The van der Waals surface area contributed by atoms with Crippen molar-refractivity contribution in [2.75, 3.05) is 6.54 Å². The topological polar surface area (TPSA) is 21.3 Å². The van der Waals surface area contributed by atoms with E-state index in [0.29, 0.717) is 0 Å². The van der Waals surface area contributed by atoms with Gasteiger partial charge in [-0.05, 0) is 49.1 Å². The van der Waals surface area contributed by atoms with E-state index in [0.717, 1.165) is 26.1 Å². The Kier molecular flexibility index (Phi) is 5.07. The van der Waals surface area contributed by atoms with Crippen molar-refractivity contribution in [3.05, 3.63) is 57.3 Å². The van der Waals surface area contributed by atoms with Gasteiger partial charge in [-0.3, -0.25) is 0 Å². The Morgan fingerprint density at radius 1 is 1.19 bits per heavy atom. The third-order valence-electron chi connectivity index (χ3n) is 4.01. The van der Waals surface area contributed by atoms with Gasteiger partial charge >= 0.3 is 0 Å². The van der Waals surface area contributed by atoms with E-state index in [1.165, 1.54) is 33.7 Å². The summed E-state index contributed by atoms with van der Waals surface area (Å²) in [6.45, 7) is 4.85. The Hall–Kier alpha value is -1.16. The molecule has 1 aromatic carbocycles. The number of thiophene rings is 1. The highest BCUT2D eigenvalue weighted by Crippen LogP contribution is 2.33. The maximum absolute atomic E-state index is 6.20. The van der Waals surface area contributed by atoms with Gasteiger partial charge in [0.05, 0.1) is 12.7 Å². The molecule has 1 N–H and O–H groups in total. The monoisotopic (exact) mass is 301 g/mol. The summed E-state index contributed by atoms with van der Waals surface area (Å²) in [5, 5.41) is 3.37. The molecule has 0 saturated heterocycles. The highest BCUT2D eigenvalue weighted by molar-refractivity contribution is 7.11. The number of fused-ring (bicyclic) bond motifs is 1. The summed E-state index contributed by atoms with van der Waals surface area (Å²) in [6.07, 6.45) is 3.85. The average molecular weight is 301 g/mol. The summed E-state index contributed by atoms with van der Waals surface area (Å²) in [5.74, 6) is 0. The van der Waals surface area contributed by atoms with Crippen LogP contribution in [0.4, 0.5) is 0 Å². The fraction of sp³-hybridized carbons (Fsp3) is 0.444. The molecule has 1 heterocycles. The zero-order valence-corrected chi connectivity index (χ0v) is 13.4. The van der Waals surface area contributed by atoms with Gasteiger partial charge in [0.1, 0.15) is 0 Å². The molecule has 0 amide bonds. The van der Waals surface area contributed by atoms with Crippen LogP contribution < -0.4 is 5.32 Å². The number of hydrogen-bond acceptors (Lipinski definition) is 3. The van der Waals surface area contributed by atoms with Gasteiger partial charge in [0.2, 0.25) is 0 Å². The van der Waals surface area contributed by atoms with Crippen molar-refractivity contribution < 1.29 is 4.74 Å². The number of rotatable bonds is 6. The number of ether oxygens (including phenoxy) is 1. The van der Waals surface area contributed by atoms with Crippen molar-refractivity contribution >= 4 is 11.3 Å². The van der Waals surface area contributed by atoms with Crippen LogP contribution in [-0.2, 0) is 24.3 Å². The summed E-state index contributed by atoms with van der Waals surface area (Å²) < 4.78 is 6.20. The smallest absolute Gasteiger partial charge is 0.0832 e. The fourth-order valence-electron chi connectivity index (χ4n) is 2.91. The highest BCUT2D eigenvalue weighted by atomic mass is 32.1. The first-order chi connectivity index (χ1) is 10.4. The quantitative estimate of drug-likeness (QED) is 0.851. The number of benzene rings is 1. The molecular weight excluding hydrogens is 278 g/mol. The predicted octanol–water partition coefficient (Wildman–Crippen LogP) is 4.45. The minimum atomic E-state index is 0.272. The number of nitrogens with one attached hydrogen (secondary N) is 1. The lowest BCUT2D eigenvalue weighted by molar-refractivity contribution is 0.0297. The van der Waals surface area contributed by atoms with Gasteiger partial charge in [-0.1, -0.05) is 31.2 Å². The van der Waals surface area contributed by atoms with E-state index in [4.69, 9.17) is 4.74 Å². The van der Waals surface area contributed by atoms with Gasteiger partial charge in [-0.2, -0.15) is 0 Å². The van der Waals surface area contributed by atoms with Crippen LogP contribution in [0.5, 0.6) is 0 Å². The number of hydrogen-bond donors (Lipinski definition) is 1. The van der Waals surface area contributed by atoms with Gasteiger partial charge < -0.3 is 10.1 Å². The summed E-state index contributed by atoms with van der Waals surface area (Å²) in [4.78, 5) is 2.71. The largest absolute Gasteiger partial charge is 0.368 e. The van der Waals surface area contributed by atoms with E-state index in [1.807, 2.05) is 11.3 Å². The zero-order chi connectivity index (χ0) is 14.5. The van der Waals surface area contributed by atoms with E-state index < -0.39 is 0 Å². The second kappa shape index (κ2) is 7.21. The van der Waals surface area contributed by atoms with Gasteiger partial charge in [-0.15, -0.1) is 11.3 Å². The SMILES string of the molecule is CCNCc1ccc(COC2CCCc3ccccc32)s1. The summed E-state index contributed by atoms with van der Waals surface area (Å²) in [7, 11) is 0. The van der Waals surface area contributed by atoms with E-state index in [2.05, 4.69) is 48.6 Å². The van der Waals surface area contributed by atoms with Gasteiger partial charge in [-0.25, -0.2) is 0 Å². The first-order valence-corrected chi connectivity index (χ1v) is 8.66. The van der Waals surface area contributed by atoms with Crippen LogP contribution in [0.1, 0.15) is 46.8 Å². The molecule has 0 radical (unpaired) electrons. The van der Waals surface area contributed by atoms with Crippen molar-refractivity contribution in [1.29, 1.82) is 0 Å². The lowest BCUT2D eigenvalue weighted by atomic mass is 9.89. The molecule has 21 heavy (non-hydrogen) atoms. The molecule has 3 heteroatoms. The van der Waals surface area contributed by atoms with Crippen molar-refractivity contribution in [2.45, 2.75) is 45.4 Å². The molecular formula is C18H23NOS. The molecule has 0 saturated carbocycles. The maximum Gasteiger partial charge on any atom is 0.0832 e. The number of aryl methyl sites for hydroxylation is 1. The van der Waals surface area contributed by atoms with E-state index in [-0.39, 0.29) is 6.10 Å². The van der Waals surface area contributed by atoms with Crippen LogP contribution in [-0.4, -0.2) is 6.54 Å². The van der Waals surface area contributed by atoms with Crippen molar-refractivity contribution in [3.8, 4) is 0 Å². The minimum absolute atomic E-state index is 0.272. The van der Waals surface area contributed by atoms with Crippen LogP contribution in [0, 0.1) is 0 Å². The molecule has 3 rings (SSSR count). The summed E-state index contributed by atoms with van der Waals surface area (Å²) in [6, 6.07) is 13.1.